The Morgan fingerprint density at radius 1 is 1.13 bits per heavy atom. The molecule has 1 heterocycles. The van der Waals surface area contributed by atoms with E-state index >= 15 is 0 Å². The van der Waals surface area contributed by atoms with Crippen LogP contribution in [0.2, 0.25) is 0 Å². The van der Waals surface area contributed by atoms with Gasteiger partial charge in [-0.15, -0.1) is 5.10 Å². The van der Waals surface area contributed by atoms with Gasteiger partial charge in [-0.1, -0.05) is 12.1 Å². The summed E-state index contributed by atoms with van der Waals surface area (Å²) in [5.74, 6) is -0.975. The summed E-state index contributed by atoms with van der Waals surface area (Å²) in [6, 6.07) is 6.49. The molecule has 0 spiro atoms. The van der Waals surface area contributed by atoms with Gasteiger partial charge in [0, 0.05) is 12.0 Å². The smallest absolute Gasteiger partial charge is 0.367 e. The van der Waals surface area contributed by atoms with Gasteiger partial charge >= 0.3 is 6.18 Å². The summed E-state index contributed by atoms with van der Waals surface area (Å²) in [6.45, 7) is 2.98. The van der Waals surface area contributed by atoms with E-state index in [1.54, 1.807) is 0 Å². The standard InChI is InChI=1S/C19H18F4N4O2S/c1-10(2)30(28,29)13-5-3-12(4-6-13)17-14(19(21,22)23)7-11(8-15(17)20)9-16-25-18(24)27-26-16/h3-8,10H,9H2,1-2H3,(H3,24,25,26,27). The van der Waals surface area contributed by atoms with Gasteiger partial charge in [-0.3, -0.25) is 5.10 Å². The minimum Gasteiger partial charge on any atom is -0.367 e. The van der Waals surface area contributed by atoms with Crippen LogP contribution < -0.4 is 5.73 Å². The SMILES string of the molecule is CC(C)S(=O)(=O)c1ccc(-c2c(F)cc(Cc3nc(N)n[nH]3)cc2C(F)(F)F)cc1. The van der Waals surface area contributed by atoms with Gasteiger partial charge in [-0.05, 0) is 49.2 Å². The number of halogens is 4. The van der Waals surface area contributed by atoms with Crippen LogP contribution in [0.15, 0.2) is 41.3 Å². The molecular formula is C19H18F4N4O2S. The lowest BCUT2D eigenvalue weighted by Crippen LogP contribution is -2.14. The fourth-order valence-corrected chi connectivity index (χ4v) is 4.01. The third kappa shape index (κ3) is 4.30. The zero-order chi connectivity index (χ0) is 22.3. The van der Waals surface area contributed by atoms with E-state index in [-0.39, 0.29) is 34.2 Å². The van der Waals surface area contributed by atoms with Crippen LogP contribution in [-0.2, 0) is 22.4 Å². The van der Waals surface area contributed by atoms with Crippen molar-refractivity contribution in [2.75, 3.05) is 5.73 Å². The molecule has 0 aliphatic carbocycles. The molecule has 6 nitrogen and oxygen atoms in total. The zero-order valence-electron chi connectivity index (χ0n) is 16.0. The monoisotopic (exact) mass is 442 g/mol. The van der Waals surface area contributed by atoms with Crippen molar-refractivity contribution in [3.05, 3.63) is 59.2 Å². The largest absolute Gasteiger partial charge is 0.417 e. The van der Waals surface area contributed by atoms with E-state index in [9.17, 15) is 26.0 Å². The number of hydrogen-bond donors (Lipinski definition) is 2. The molecule has 0 radical (unpaired) electrons. The molecule has 0 fully saturated rings. The van der Waals surface area contributed by atoms with Gasteiger partial charge in [0.1, 0.15) is 11.6 Å². The van der Waals surface area contributed by atoms with Crippen molar-refractivity contribution in [2.45, 2.75) is 36.6 Å². The number of rotatable bonds is 5. The predicted molar refractivity (Wildman–Crippen MR) is 103 cm³/mol. The average Bonchev–Trinajstić information content (AvgIpc) is 3.05. The van der Waals surface area contributed by atoms with Crippen molar-refractivity contribution in [3.63, 3.8) is 0 Å². The number of H-pyrrole nitrogens is 1. The summed E-state index contributed by atoms with van der Waals surface area (Å²) in [5, 5.41) is 5.35. The minimum atomic E-state index is -4.84. The molecule has 3 aromatic rings. The van der Waals surface area contributed by atoms with Crippen molar-refractivity contribution < 1.29 is 26.0 Å². The predicted octanol–water partition coefficient (Wildman–Crippen LogP) is 3.98. The number of hydrogen-bond acceptors (Lipinski definition) is 5. The number of nitrogens with one attached hydrogen (secondary N) is 1. The summed E-state index contributed by atoms with van der Waals surface area (Å²) in [5.41, 5.74) is 3.48. The highest BCUT2D eigenvalue weighted by molar-refractivity contribution is 7.92. The normalized spacial score (nSPS) is 12.5. The Kier molecular flexibility index (Phi) is 5.59. The Balaban J connectivity index is 2.08. The van der Waals surface area contributed by atoms with Crippen LogP contribution in [0.1, 0.15) is 30.8 Å². The number of benzene rings is 2. The molecule has 0 amide bonds. The highest BCUT2D eigenvalue weighted by atomic mass is 32.2. The first-order chi connectivity index (χ1) is 13.9. The molecule has 0 bridgehead atoms. The van der Waals surface area contributed by atoms with Gasteiger partial charge in [0.25, 0.3) is 0 Å². The number of aromatic amines is 1. The Hall–Kier alpha value is -2.95. The molecule has 0 saturated heterocycles. The molecule has 160 valence electrons. The number of aromatic nitrogens is 3. The molecule has 30 heavy (non-hydrogen) atoms. The zero-order valence-corrected chi connectivity index (χ0v) is 16.8. The summed E-state index contributed by atoms with van der Waals surface area (Å²) in [7, 11) is -3.61. The molecule has 0 atom stereocenters. The second-order valence-electron chi connectivity index (χ2n) is 6.93. The lowest BCUT2D eigenvalue weighted by molar-refractivity contribution is -0.137. The molecule has 0 unspecified atom stereocenters. The molecule has 2 aromatic carbocycles. The maximum Gasteiger partial charge on any atom is 0.417 e. The first-order valence-corrected chi connectivity index (χ1v) is 10.3. The van der Waals surface area contributed by atoms with Gasteiger partial charge in [-0.25, -0.2) is 12.8 Å². The van der Waals surface area contributed by atoms with Gasteiger partial charge in [0.15, 0.2) is 9.84 Å². The van der Waals surface area contributed by atoms with Crippen LogP contribution in [0, 0.1) is 5.82 Å². The van der Waals surface area contributed by atoms with Crippen molar-refractivity contribution in [3.8, 4) is 11.1 Å². The molecule has 1 aromatic heterocycles. The van der Waals surface area contributed by atoms with Crippen LogP contribution in [0.25, 0.3) is 11.1 Å². The first-order valence-electron chi connectivity index (χ1n) is 8.80. The lowest BCUT2D eigenvalue weighted by atomic mass is 9.95. The van der Waals surface area contributed by atoms with Crippen molar-refractivity contribution in [2.24, 2.45) is 0 Å². The summed E-state index contributed by atoms with van der Waals surface area (Å²) in [4.78, 5) is 3.76. The van der Waals surface area contributed by atoms with E-state index in [2.05, 4.69) is 15.2 Å². The maximum absolute atomic E-state index is 14.8. The Morgan fingerprint density at radius 3 is 2.27 bits per heavy atom. The van der Waals surface area contributed by atoms with Gasteiger partial charge in [-0.2, -0.15) is 18.2 Å². The Bertz CT molecular complexity index is 1170. The molecule has 0 aliphatic heterocycles. The summed E-state index contributed by atoms with van der Waals surface area (Å²) >= 11 is 0. The van der Waals surface area contributed by atoms with Crippen LogP contribution in [-0.4, -0.2) is 28.8 Å². The average molecular weight is 442 g/mol. The first kappa shape index (κ1) is 21.8. The number of nitrogen functional groups attached to an aromatic ring is 1. The van der Waals surface area contributed by atoms with E-state index in [1.165, 1.54) is 38.1 Å². The minimum absolute atomic E-state index is 0.0266. The number of anilines is 1. The fraction of sp³-hybridized carbons (Fsp3) is 0.263. The van der Waals surface area contributed by atoms with Crippen molar-refractivity contribution in [1.29, 1.82) is 0 Å². The topological polar surface area (TPSA) is 102 Å². The summed E-state index contributed by atoms with van der Waals surface area (Å²) in [6.07, 6.45) is -4.97. The van der Waals surface area contributed by atoms with Crippen LogP contribution in [0.4, 0.5) is 23.5 Å². The number of nitrogens with two attached hydrogens (primary N) is 1. The number of alkyl halides is 3. The van der Waals surface area contributed by atoms with E-state index < -0.39 is 38.2 Å². The van der Waals surface area contributed by atoms with Gasteiger partial charge in [0.2, 0.25) is 5.95 Å². The van der Waals surface area contributed by atoms with Crippen LogP contribution in [0.5, 0.6) is 0 Å². The highest BCUT2D eigenvalue weighted by Crippen LogP contribution is 2.40. The molecular weight excluding hydrogens is 424 g/mol. The number of sulfone groups is 1. The molecule has 11 heteroatoms. The second kappa shape index (κ2) is 7.71. The quantitative estimate of drug-likeness (QED) is 0.582. The molecule has 0 aliphatic rings. The third-order valence-corrected chi connectivity index (χ3v) is 6.64. The van der Waals surface area contributed by atoms with E-state index in [0.29, 0.717) is 0 Å². The van der Waals surface area contributed by atoms with Gasteiger partial charge < -0.3 is 5.73 Å². The van der Waals surface area contributed by atoms with Crippen molar-refractivity contribution in [1.82, 2.24) is 15.2 Å². The Labute approximate surface area is 170 Å². The molecule has 3 rings (SSSR count). The fourth-order valence-electron chi connectivity index (χ4n) is 2.95. The van der Waals surface area contributed by atoms with Gasteiger partial charge in [0.05, 0.1) is 15.7 Å². The van der Waals surface area contributed by atoms with E-state index in [0.717, 1.165) is 12.1 Å². The summed E-state index contributed by atoms with van der Waals surface area (Å²) < 4.78 is 80.3. The van der Waals surface area contributed by atoms with E-state index in [1.807, 2.05) is 0 Å². The molecule has 0 saturated carbocycles. The second-order valence-corrected chi connectivity index (χ2v) is 9.44. The van der Waals surface area contributed by atoms with Crippen molar-refractivity contribution >= 4 is 15.8 Å². The van der Waals surface area contributed by atoms with Crippen LogP contribution in [0.3, 0.4) is 0 Å². The highest BCUT2D eigenvalue weighted by Gasteiger charge is 2.36. The van der Waals surface area contributed by atoms with Crippen LogP contribution >= 0.6 is 0 Å². The third-order valence-electron chi connectivity index (χ3n) is 4.47. The maximum atomic E-state index is 14.8. The number of nitrogens with zero attached hydrogens (tertiary/aromatic N) is 2. The lowest BCUT2D eigenvalue weighted by Gasteiger charge is -2.16. The van der Waals surface area contributed by atoms with E-state index in [4.69, 9.17) is 5.73 Å². The molecule has 3 N–H and O–H groups in total. The Morgan fingerprint density at radius 2 is 1.77 bits per heavy atom.